The van der Waals surface area contributed by atoms with Crippen LogP contribution >= 0.6 is 0 Å². The lowest BCUT2D eigenvalue weighted by atomic mass is 9.85. The monoisotopic (exact) mass is 270 g/mol. The van der Waals surface area contributed by atoms with Gasteiger partial charge in [-0.25, -0.2) is 4.79 Å². The molecule has 0 aromatic heterocycles. The Morgan fingerprint density at radius 1 is 1.21 bits per heavy atom. The largest absolute Gasteiger partial charge is 0.388 e. The fraction of sp³-hybridized carbons (Fsp3) is 0.929. The van der Waals surface area contributed by atoms with E-state index in [9.17, 15) is 9.90 Å². The summed E-state index contributed by atoms with van der Waals surface area (Å²) in [4.78, 5) is 11.5. The number of nitrogens with one attached hydrogen (secondary N) is 2. The molecule has 2 saturated carbocycles. The Hall–Kier alpha value is -0.810. The topological polar surface area (TPSA) is 70.6 Å². The van der Waals surface area contributed by atoms with Crippen LogP contribution in [0.2, 0.25) is 0 Å². The zero-order valence-corrected chi connectivity index (χ0v) is 11.6. The maximum Gasteiger partial charge on any atom is 0.314 e. The molecule has 0 saturated heterocycles. The third-order valence-electron chi connectivity index (χ3n) is 3.94. The molecule has 0 aromatic carbocycles. The van der Waals surface area contributed by atoms with E-state index >= 15 is 0 Å². The Morgan fingerprint density at radius 3 is 2.63 bits per heavy atom. The molecular weight excluding hydrogens is 244 g/mol. The standard InChI is InChI=1S/C14H26N2O3/c17-13(15-8-9-19-10-12-4-5-12)16-11-14(18)6-2-1-3-7-14/h12,18H,1-11H2,(H2,15,16,17). The molecule has 0 aromatic rings. The van der Waals surface area contributed by atoms with E-state index in [1.807, 2.05) is 0 Å². The van der Waals surface area contributed by atoms with E-state index in [0.29, 0.717) is 19.7 Å². The summed E-state index contributed by atoms with van der Waals surface area (Å²) in [5.41, 5.74) is -0.696. The first-order valence-corrected chi connectivity index (χ1v) is 7.50. The molecule has 19 heavy (non-hydrogen) atoms. The van der Waals surface area contributed by atoms with Crippen molar-refractivity contribution in [3.63, 3.8) is 0 Å². The van der Waals surface area contributed by atoms with Crippen molar-refractivity contribution in [3.8, 4) is 0 Å². The van der Waals surface area contributed by atoms with E-state index in [2.05, 4.69) is 10.6 Å². The lowest BCUT2D eigenvalue weighted by molar-refractivity contribution is 0.00715. The number of ether oxygens (including phenoxy) is 1. The molecule has 2 rings (SSSR count). The quantitative estimate of drug-likeness (QED) is 0.613. The van der Waals surface area contributed by atoms with Crippen molar-refractivity contribution in [1.29, 1.82) is 0 Å². The van der Waals surface area contributed by atoms with Crippen LogP contribution in [0.25, 0.3) is 0 Å². The molecule has 0 spiro atoms. The fourth-order valence-corrected chi connectivity index (χ4v) is 2.47. The summed E-state index contributed by atoms with van der Waals surface area (Å²) in [5.74, 6) is 0.759. The van der Waals surface area contributed by atoms with Gasteiger partial charge in [0.2, 0.25) is 0 Å². The molecule has 110 valence electrons. The molecule has 2 aliphatic rings. The lowest BCUT2D eigenvalue weighted by Gasteiger charge is -2.32. The maximum atomic E-state index is 11.5. The number of hydrogen-bond donors (Lipinski definition) is 3. The van der Waals surface area contributed by atoms with Crippen molar-refractivity contribution in [3.05, 3.63) is 0 Å². The molecule has 5 heteroatoms. The molecule has 0 bridgehead atoms. The Labute approximate surface area is 115 Å². The Morgan fingerprint density at radius 2 is 1.95 bits per heavy atom. The second-order valence-corrected chi connectivity index (χ2v) is 5.91. The highest BCUT2D eigenvalue weighted by Gasteiger charge is 2.29. The van der Waals surface area contributed by atoms with Gasteiger partial charge in [-0.3, -0.25) is 0 Å². The predicted molar refractivity (Wildman–Crippen MR) is 73.0 cm³/mol. The van der Waals surface area contributed by atoms with E-state index in [1.54, 1.807) is 0 Å². The van der Waals surface area contributed by atoms with Gasteiger partial charge in [-0.05, 0) is 31.6 Å². The molecule has 2 fully saturated rings. The third kappa shape index (κ3) is 5.78. The van der Waals surface area contributed by atoms with Crippen LogP contribution in [0.15, 0.2) is 0 Å². The van der Waals surface area contributed by atoms with Gasteiger partial charge in [-0.2, -0.15) is 0 Å². The summed E-state index contributed by atoms with van der Waals surface area (Å²) in [7, 11) is 0. The highest BCUT2D eigenvalue weighted by atomic mass is 16.5. The minimum absolute atomic E-state index is 0.214. The molecular formula is C14H26N2O3. The SMILES string of the molecule is O=C(NCCOCC1CC1)NCC1(O)CCCCC1. The van der Waals surface area contributed by atoms with Gasteiger partial charge >= 0.3 is 6.03 Å². The van der Waals surface area contributed by atoms with Crippen LogP contribution in [0.4, 0.5) is 4.79 Å². The van der Waals surface area contributed by atoms with Crippen LogP contribution in [-0.4, -0.2) is 43.0 Å². The van der Waals surface area contributed by atoms with E-state index in [0.717, 1.165) is 38.2 Å². The zero-order valence-electron chi connectivity index (χ0n) is 11.6. The predicted octanol–water partition coefficient (Wildman–Crippen LogP) is 1.41. The third-order valence-corrected chi connectivity index (χ3v) is 3.94. The van der Waals surface area contributed by atoms with Gasteiger partial charge in [0.1, 0.15) is 0 Å². The molecule has 0 atom stereocenters. The normalized spacial score (nSPS) is 21.9. The van der Waals surface area contributed by atoms with Crippen LogP contribution < -0.4 is 10.6 Å². The summed E-state index contributed by atoms with van der Waals surface area (Å²) in [6.45, 7) is 2.26. The Balaban J connectivity index is 1.48. The van der Waals surface area contributed by atoms with Gasteiger partial charge in [-0.1, -0.05) is 19.3 Å². The zero-order chi connectivity index (χ0) is 13.6. The maximum absolute atomic E-state index is 11.5. The average Bonchev–Trinajstić information content (AvgIpc) is 3.21. The van der Waals surface area contributed by atoms with Gasteiger partial charge in [0.05, 0.1) is 12.2 Å². The van der Waals surface area contributed by atoms with Crippen molar-refractivity contribution in [2.24, 2.45) is 5.92 Å². The van der Waals surface area contributed by atoms with E-state index < -0.39 is 5.60 Å². The van der Waals surface area contributed by atoms with Crippen molar-refractivity contribution in [1.82, 2.24) is 10.6 Å². The van der Waals surface area contributed by atoms with Gasteiger partial charge < -0.3 is 20.5 Å². The average molecular weight is 270 g/mol. The van der Waals surface area contributed by atoms with Crippen molar-refractivity contribution in [2.75, 3.05) is 26.3 Å². The highest BCUT2D eigenvalue weighted by Crippen LogP contribution is 2.28. The summed E-state index contributed by atoms with van der Waals surface area (Å²) in [6, 6.07) is -0.214. The van der Waals surface area contributed by atoms with Crippen molar-refractivity contribution < 1.29 is 14.6 Å². The van der Waals surface area contributed by atoms with E-state index in [1.165, 1.54) is 19.3 Å². The first-order chi connectivity index (χ1) is 9.18. The first kappa shape index (κ1) is 14.6. The minimum Gasteiger partial charge on any atom is -0.388 e. The van der Waals surface area contributed by atoms with E-state index in [-0.39, 0.29) is 6.03 Å². The van der Waals surface area contributed by atoms with Crippen molar-refractivity contribution >= 4 is 6.03 Å². The smallest absolute Gasteiger partial charge is 0.314 e. The van der Waals surface area contributed by atoms with Crippen LogP contribution in [-0.2, 0) is 4.74 Å². The molecule has 2 aliphatic carbocycles. The van der Waals surface area contributed by atoms with Crippen LogP contribution in [0.1, 0.15) is 44.9 Å². The number of amides is 2. The number of hydrogen-bond acceptors (Lipinski definition) is 3. The van der Waals surface area contributed by atoms with Crippen LogP contribution in [0.5, 0.6) is 0 Å². The molecule has 3 N–H and O–H groups in total. The number of carbonyl (C=O) groups is 1. The van der Waals surface area contributed by atoms with Crippen LogP contribution in [0.3, 0.4) is 0 Å². The van der Waals surface area contributed by atoms with Gasteiger partial charge in [0.25, 0.3) is 0 Å². The molecule has 0 aliphatic heterocycles. The number of aliphatic hydroxyl groups is 1. The second kappa shape index (κ2) is 7.10. The molecule has 0 radical (unpaired) electrons. The molecule has 5 nitrogen and oxygen atoms in total. The summed E-state index contributed by atoms with van der Waals surface area (Å²) in [6.07, 6.45) is 7.44. The van der Waals surface area contributed by atoms with Crippen molar-refractivity contribution in [2.45, 2.75) is 50.5 Å². The number of urea groups is 1. The minimum atomic E-state index is -0.696. The van der Waals surface area contributed by atoms with Crippen LogP contribution in [0, 0.1) is 5.92 Å². The number of carbonyl (C=O) groups excluding carboxylic acids is 1. The Kier molecular flexibility index (Phi) is 5.45. The lowest BCUT2D eigenvalue weighted by Crippen LogP contribution is -2.47. The summed E-state index contributed by atoms with van der Waals surface area (Å²) >= 11 is 0. The van der Waals surface area contributed by atoms with Gasteiger partial charge in [-0.15, -0.1) is 0 Å². The van der Waals surface area contributed by atoms with Gasteiger partial charge in [0.15, 0.2) is 0 Å². The first-order valence-electron chi connectivity index (χ1n) is 7.50. The van der Waals surface area contributed by atoms with E-state index in [4.69, 9.17) is 4.74 Å². The van der Waals surface area contributed by atoms with Gasteiger partial charge in [0, 0.05) is 19.7 Å². The second-order valence-electron chi connectivity index (χ2n) is 5.91. The fourth-order valence-electron chi connectivity index (χ4n) is 2.47. The summed E-state index contributed by atoms with van der Waals surface area (Å²) in [5, 5.41) is 15.7. The number of rotatable bonds is 7. The Bertz CT molecular complexity index is 286. The molecule has 0 unspecified atom stereocenters. The highest BCUT2D eigenvalue weighted by molar-refractivity contribution is 5.73. The summed E-state index contributed by atoms with van der Waals surface area (Å²) < 4.78 is 5.43. The molecule has 2 amide bonds. The molecule has 0 heterocycles.